The summed E-state index contributed by atoms with van der Waals surface area (Å²) in [5.74, 6) is 2.40. The summed E-state index contributed by atoms with van der Waals surface area (Å²) in [5, 5.41) is 12.2. The molecule has 0 amide bonds. The molecular weight excluding hydrogens is 250 g/mol. The van der Waals surface area contributed by atoms with Crippen LogP contribution in [0.4, 0.5) is 0 Å². The highest BCUT2D eigenvalue weighted by Gasteiger charge is 2.50. The summed E-state index contributed by atoms with van der Waals surface area (Å²) in [6, 6.07) is 0.542. The number of nitrogens with one attached hydrogen (secondary N) is 1. The molecule has 0 aromatic heterocycles. The predicted octanol–water partition coefficient (Wildman–Crippen LogP) is 3.44. The van der Waals surface area contributed by atoms with Gasteiger partial charge in [-0.2, -0.15) is 0 Å². The topological polar surface area (TPSA) is 49.3 Å². The number of carboxylic acids is 1. The molecule has 0 radical (unpaired) electrons. The molecule has 114 valence electrons. The molecule has 4 bridgehead atoms. The van der Waals surface area contributed by atoms with Crippen LogP contribution in [0.1, 0.15) is 64.7 Å². The van der Waals surface area contributed by atoms with Gasteiger partial charge < -0.3 is 10.4 Å². The molecular formula is C17H29NO2. The molecule has 3 nitrogen and oxygen atoms in total. The van der Waals surface area contributed by atoms with E-state index in [1.165, 1.54) is 44.9 Å². The van der Waals surface area contributed by atoms with Crippen molar-refractivity contribution in [1.82, 2.24) is 5.32 Å². The standard InChI is InChI=1S/C17H29NO2/c1-12(18-4-2-3-16(19)20)8-17-9-13-5-14(10-17)7-15(6-13)11-17/h12-15,18H,2-11H2,1H3,(H,19,20). The lowest BCUT2D eigenvalue weighted by molar-refractivity contribution is -0.137. The fourth-order valence-corrected chi connectivity index (χ4v) is 5.85. The van der Waals surface area contributed by atoms with Crippen LogP contribution < -0.4 is 5.32 Å². The summed E-state index contributed by atoms with van der Waals surface area (Å²) in [4.78, 5) is 10.5. The van der Waals surface area contributed by atoms with Gasteiger partial charge in [-0.05, 0) is 88.0 Å². The fourth-order valence-electron chi connectivity index (χ4n) is 5.85. The molecule has 4 rings (SSSR count). The summed E-state index contributed by atoms with van der Waals surface area (Å²) in [7, 11) is 0. The van der Waals surface area contributed by atoms with Gasteiger partial charge in [-0.3, -0.25) is 4.79 Å². The number of aliphatic carboxylic acids is 1. The van der Waals surface area contributed by atoms with Crippen molar-refractivity contribution in [2.24, 2.45) is 23.2 Å². The molecule has 2 N–H and O–H groups in total. The SMILES string of the molecule is CC(CC12CC3CC(CC(C3)C1)C2)NCCCC(=O)O. The van der Waals surface area contributed by atoms with Crippen molar-refractivity contribution in [3.05, 3.63) is 0 Å². The van der Waals surface area contributed by atoms with E-state index in [1.807, 2.05) is 0 Å². The van der Waals surface area contributed by atoms with Gasteiger partial charge in [0.25, 0.3) is 0 Å². The van der Waals surface area contributed by atoms with E-state index in [2.05, 4.69) is 12.2 Å². The zero-order valence-electron chi connectivity index (χ0n) is 12.7. The Morgan fingerprint density at radius 3 is 2.25 bits per heavy atom. The maximum atomic E-state index is 10.5. The minimum atomic E-state index is -0.680. The largest absolute Gasteiger partial charge is 0.481 e. The highest BCUT2D eigenvalue weighted by molar-refractivity contribution is 5.66. The lowest BCUT2D eigenvalue weighted by Crippen LogP contribution is -2.48. The van der Waals surface area contributed by atoms with E-state index in [0.717, 1.165) is 30.7 Å². The second-order valence-corrected chi connectivity index (χ2v) is 7.97. The van der Waals surface area contributed by atoms with Crippen molar-refractivity contribution in [3.8, 4) is 0 Å². The molecule has 0 aliphatic heterocycles. The Bertz CT molecular complexity index is 331. The molecule has 0 aromatic carbocycles. The highest BCUT2D eigenvalue weighted by Crippen LogP contribution is 2.61. The van der Waals surface area contributed by atoms with Gasteiger partial charge in [-0.15, -0.1) is 0 Å². The Hall–Kier alpha value is -0.570. The van der Waals surface area contributed by atoms with Crippen LogP contribution in [-0.2, 0) is 4.79 Å². The monoisotopic (exact) mass is 279 g/mol. The maximum Gasteiger partial charge on any atom is 0.303 e. The number of hydrogen-bond donors (Lipinski definition) is 2. The molecule has 3 heteroatoms. The van der Waals surface area contributed by atoms with E-state index in [1.54, 1.807) is 0 Å². The van der Waals surface area contributed by atoms with Crippen molar-refractivity contribution >= 4 is 5.97 Å². The molecule has 4 aliphatic carbocycles. The Morgan fingerprint density at radius 2 is 1.75 bits per heavy atom. The first kappa shape index (κ1) is 14.4. The first-order chi connectivity index (χ1) is 9.55. The van der Waals surface area contributed by atoms with Crippen molar-refractivity contribution < 1.29 is 9.90 Å². The highest BCUT2D eigenvalue weighted by atomic mass is 16.4. The van der Waals surface area contributed by atoms with E-state index in [4.69, 9.17) is 5.11 Å². The van der Waals surface area contributed by atoms with Crippen molar-refractivity contribution in [3.63, 3.8) is 0 Å². The smallest absolute Gasteiger partial charge is 0.303 e. The summed E-state index contributed by atoms with van der Waals surface area (Å²) in [5.41, 5.74) is 0.633. The van der Waals surface area contributed by atoms with Gasteiger partial charge in [-0.25, -0.2) is 0 Å². The Kier molecular flexibility index (Phi) is 4.07. The van der Waals surface area contributed by atoms with Crippen molar-refractivity contribution in [2.45, 2.75) is 70.8 Å². The molecule has 0 saturated heterocycles. The van der Waals surface area contributed by atoms with Crippen LogP contribution in [0.3, 0.4) is 0 Å². The van der Waals surface area contributed by atoms with Gasteiger partial charge in [0.2, 0.25) is 0 Å². The lowest BCUT2D eigenvalue weighted by atomic mass is 9.48. The Labute approximate surface area is 122 Å². The average molecular weight is 279 g/mol. The van der Waals surface area contributed by atoms with Gasteiger partial charge in [0.05, 0.1) is 0 Å². The van der Waals surface area contributed by atoms with Crippen LogP contribution >= 0.6 is 0 Å². The quantitative estimate of drug-likeness (QED) is 0.702. The van der Waals surface area contributed by atoms with E-state index < -0.39 is 5.97 Å². The summed E-state index contributed by atoms with van der Waals surface area (Å²) < 4.78 is 0. The Balaban J connectivity index is 1.46. The molecule has 20 heavy (non-hydrogen) atoms. The van der Waals surface area contributed by atoms with Gasteiger partial charge >= 0.3 is 5.97 Å². The van der Waals surface area contributed by atoms with E-state index >= 15 is 0 Å². The molecule has 0 spiro atoms. The van der Waals surface area contributed by atoms with E-state index in [9.17, 15) is 4.79 Å². The predicted molar refractivity (Wildman–Crippen MR) is 79.6 cm³/mol. The van der Waals surface area contributed by atoms with Crippen LogP contribution in [0.25, 0.3) is 0 Å². The summed E-state index contributed by atoms with van der Waals surface area (Å²) in [6.45, 7) is 3.14. The normalized spacial score (nSPS) is 40.0. The van der Waals surface area contributed by atoms with Crippen molar-refractivity contribution in [2.75, 3.05) is 6.54 Å². The van der Waals surface area contributed by atoms with Gasteiger partial charge in [0.15, 0.2) is 0 Å². The zero-order chi connectivity index (χ0) is 14.2. The molecule has 1 atom stereocenters. The number of hydrogen-bond acceptors (Lipinski definition) is 2. The second-order valence-electron chi connectivity index (χ2n) is 7.97. The molecule has 1 unspecified atom stereocenters. The average Bonchev–Trinajstić information content (AvgIpc) is 2.32. The summed E-state index contributed by atoms with van der Waals surface area (Å²) >= 11 is 0. The third-order valence-electron chi connectivity index (χ3n) is 5.96. The van der Waals surface area contributed by atoms with E-state index in [0.29, 0.717) is 11.5 Å². The van der Waals surface area contributed by atoms with Crippen LogP contribution in [0, 0.1) is 23.2 Å². The van der Waals surface area contributed by atoms with Gasteiger partial charge in [0.1, 0.15) is 0 Å². The number of carbonyl (C=O) groups is 1. The van der Waals surface area contributed by atoms with Crippen molar-refractivity contribution in [1.29, 1.82) is 0 Å². The minimum Gasteiger partial charge on any atom is -0.481 e. The fraction of sp³-hybridized carbons (Fsp3) is 0.941. The molecule has 0 aromatic rings. The molecule has 4 aliphatic rings. The van der Waals surface area contributed by atoms with Gasteiger partial charge in [0, 0.05) is 12.5 Å². The third-order valence-corrected chi connectivity index (χ3v) is 5.96. The van der Waals surface area contributed by atoms with Crippen LogP contribution in [0.5, 0.6) is 0 Å². The minimum absolute atomic E-state index is 0.289. The van der Waals surface area contributed by atoms with Crippen LogP contribution in [0.2, 0.25) is 0 Å². The number of rotatable bonds is 7. The molecule has 4 fully saturated rings. The summed E-state index contributed by atoms with van der Waals surface area (Å²) in [6.07, 6.45) is 11.3. The van der Waals surface area contributed by atoms with Gasteiger partial charge in [-0.1, -0.05) is 0 Å². The molecule has 0 heterocycles. The van der Waals surface area contributed by atoms with E-state index in [-0.39, 0.29) is 6.42 Å². The zero-order valence-corrected chi connectivity index (χ0v) is 12.7. The maximum absolute atomic E-state index is 10.5. The third kappa shape index (κ3) is 3.19. The van der Waals surface area contributed by atoms with Crippen LogP contribution in [-0.4, -0.2) is 23.7 Å². The second kappa shape index (κ2) is 5.67. The lowest BCUT2D eigenvalue weighted by Gasteiger charge is -2.57. The Morgan fingerprint density at radius 1 is 1.20 bits per heavy atom. The first-order valence-corrected chi connectivity index (χ1v) is 8.50. The molecule has 4 saturated carbocycles. The van der Waals surface area contributed by atoms with Crippen LogP contribution in [0.15, 0.2) is 0 Å². The first-order valence-electron chi connectivity index (χ1n) is 8.50. The number of carboxylic acid groups (broad SMARTS) is 1.